The van der Waals surface area contributed by atoms with Gasteiger partial charge in [-0.25, -0.2) is 8.42 Å². The number of hydrogen-bond acceptors (Lipinski definition) is 3. The number of carbonyl (C=O) groups is 1. The van der Waals surface area contributed by atoms with Crippen LogP contribution in [0.2, 0.25) is 5.02 Å². The smallest absolute Gasteiger partial charge is 0.318 e. The molecule has 17 heavy (non-hydrogen) atoms. The molecule has 0 aliphatic carbocycles. The Kier molecular flexibility index (Phi) is 4.50. The molecule has 0 aromatic heterocycles. The fraction of sp³-hybridized carbons (Fsp3) is 0.300. The molecule has 0 saturated heterocycles. The minimum absolute atomic E-state index is 0.00824. The van der Waals surface area contributed by atoms with Gasteiger partial charge in [0.2, 0.25) is 10.0 Å². The summed E-state index contributed by atoms with van der Waals surface area (Å²) in [6, 6.07) is 6.62. The predicted molar refractivity (Wildman–Crippen MR) is 64.3 cm³/mol. The lowest BCUT2D eigenvalue weighted by Crippen LogP contribution is -2.34. The summed E-state index contributed by atoms with van der Waals surface area (Å²) >= 11 is 5.76. The minimum Gasteiger partial charge on any atom is -0.480 e. The molecule has 0 bridgehead atoms. The van der Waals surface area contributed by atoms with E-state index in [0.29, 0.717) is 10.6 Å². The van der Waals surface area contributed by atoms with Gasteiger partial charge in [-0.3, -0.25) is 4.79 Å². The van der Waals surface area contributed by atoms with Crippen molar-refractivity contribution < 1.29 is 18.3 Å². The van der Waals surface area contributed by atoms with Crippen LogP contribution in [0.15, 0.2) is 24.3 Å². The molecule has 5 nitrogen and oxygen atoms in total. The first-order valence-corrected chi connectivity index (χ1v) is 6.93. The van der Waals surface area contributed by atoms with Crippen LogP contribution in [-0.2, 0) is 21.4 Å². The number of carboxylic acid groups (broad SMARTS) is 1. The number of hydrogen-bond donors (Lipinski definition) is 1. The van der Waals surface area contributed by atoms with Gasteiger partial charge < -0.3 is 5.11 Å². The summed E-state index contributed by atoms with van der Waals surface area (Å²) in [6.07, 6.45) is 0.973. The molecule has 0 amide bonds. The quantitative estimate of drug-likeness (QED) is 0.877. The van der Waals surface area contributed by atoms with E-state index in [4.69, 9.17) is 16.7 Å². The maximum atomic E-state index is 11.4. The molecule has 0 aliphatic heterocycles. The zero-order valence-corrected chi connectivity index (χ0v) is 10.7. The SMILES string of the molecule is CS(=O)(=O)N(CC(=O)O)Cc1cccc(Cl)c1. The van der Waals surface area contributed by atoms with Crippen LogP contribution < -0.4 is 0 Å². The monoisotopic (exact) mass is 277 g/mol. The maximum Gasteiger partial charge on any atom is 0.318 e. The summed E-state index contributed by atoms with van der Waals surface area (Å²) in [5.74, 6) is -1.20. The number of halogens is 1. The van der Waals surface area contributed by atoms with E-state index in [1.165, 1.54) is 0 Å². The highest BCUT2D eigenvalue weighted by atomic mass is 35.5. The predicted octanol–water partition coefficient (Wildman–Crippen LogP) is 1.19. The molecule has 0 heterocycles. The van der Waals surface area contributed by atoms with Gasteiger partial charge in [0, 0.05) is 11.6 Å². The first-order chi connectivity index (χ1) is 7.79. The van der Waals surface area contributed by atoms with E-state index in [1.54, 1.807) is 24.3 Å². The fourth-order valence-corrected chi connectivity index (χ4v) is 2.22. The van der Waals surface area contributed by atoms with E-state index in [2.05, 4.69) is 0 Å². The van der Waals surface area contributed by atoms with Crippen LogP contribution in [0.25, 0.3) is 0 Å². The molecule has 1 N–H and O–H groups in total. The van der Waals surface area contributed by atoms with Gasteiger partial charge in [-0.15, -0.1) is 0 Å². The summed E-state index contributed by atoms with van der Waals surface area (Å²) in [5, 5.41) is 9.13. The average molecular weight is 278 g/mol. The molecule has 1 aromatic rings. The molecule has 0 atom stereocenters. The van der Waals surface area contributed by atoms with E-state index in [9.17, 15) is 13.2 Å². The van der Waals surface area contributed by atoms with Crippen molar-refractivity contribution in [2.24, 2.45) is 0 Å². The summed E-state index contributed by atoms with van der Waals surface area (Å²) in [7, 11) is -3.56. The molecule has 1 rings (SSSR count). The second kappa shape index (κ2) is 5.48. The zero-order valence-electron chi connectivity index (χ0n) is 9.13. The lowest BCUT2D eigenvalue weighted by Gasteiger charge is -2.17. The highest BCUT2D eigenvalue weighted by molar-refractivity contribution is 7.88. The molecule has 0 aliphatic rings. The standard InChI is InChI=1S/C10H12ClNO4S/c1-17(15,16)12(7-10(13)14)6-8-3-2-4-9(11)5-8/h2-5H,6-7H2,1H3,(H,13,14). The van der Waals surface area contributed by atoms with E-state index in [1.807, 2.05) is 0 Å². The van der Waals surface area contributed by atoms with Gasteiger partial charge >= 0.3 is 5.97 Å². The third kappa shape index (κ3) is 4.72. The highest BCUT2D eigenvalue weighted by Crippen LogP contribution is 2.14. The van der Waals surface area contributed by atoms with Gasteiger partial charge in [-0.2, -0.15) is 4.31 Å². The summed E-state index contributed by atoms with van der Waals surface area (Å²) < 4.78 is 23.6. The van der Waals surface area contributed by atoms with Crippen molar-refractivity contribution >= 4 is 27.6 Å². The second-order valence-electron chi connectivity index (χ2n) is 3.55. The van der Waals surface area contributed by atoms with Crippen LogP contribution in [0.5, 0.6) is 0 Å². The Morgan fingerprint density at radius 2 is 2.12 bits per heavy atom. The van der Waals surface area contributed by atoms with E-state index < -0.39 is 22.5 Å². The number of carboxylic acids is 1. The van der Waals surface area contributed by atoms with E-state index in [0.717, 1.165) is 10.6 Å². The first-order valence-electron chi connectivity index (χ1n) is 4.70. The maximum absolute atomic E-state index is 11.4. The third-order valence-electron chi connectivity index (χ3n) is 2.03. The van der Waals surface area contributed by atoms with Crippen LogP contribution >= 0.6 is 11.6 Å². The van der Waals surface area contributed by atoms with Gasteiger partial charge in [0.1, 0.15) is 6.54 Å². The van der Waals surface area contributed by atoms with Crippen molar-refractivity contribution in [1.29, 1.82) is 0 Å². The molecular formula is C10H12ClNO4S. The first kappa shape index (κ1) is 14.0. The fourth-order valence-electron chi connectivity index (χ4n) is 1.28. The summed E-state index contributed by atoms with van der Waals surface area (Å²) in [6.45, 7) is -0.572. The Hall–Kier alpha value is -1.11. The Balaban J connectivity index is 2.91. The van der Waals surface area contributed by atoms with E-state index >= 15 is 0 Å². The molecule has 0 radical (unpaired) electrons. The zero-order chi connectivity index (χ0) is 13.1. The van der Waals surface area contributed by atoms with Crippen molar-refractivity contribution in [3.8, 4) is 0 Å². The van der Waals surface area contributed by atoms with E-state index in [-0.39, 0.29) is 6.54 Å². The number of aliphatic carboxylic acids is 1. The molecule has 94 valence electrons. The second-order valence-corrected chi connectivity index (χ2v) is 5.97. The highest BCUT2D eigenvalue weighted by Gasteiger charge is 2.19. The van der Waals surface area contributed by atoms with Crippen LogP contribution in [0.4, 0.5) is 0 Å². The molecule has 7 heteroatoms. The number of benzene rings is 1. The summed E-state index contributed by atoms with van der Waals surface area (Å²) in [5.41, 5.74) is 0.643. The third-order valence-corrected chi connectivity index (χ3v) is 3.46. The Labute approximate surface area is 105 Å². The molecule has 0 saturated carbocycles. The van der Waals surface area contributed by atoms with Crippen molar-refractivity contribution in [3.63, 3.8) is 0 Å². The lowest BCUT2D eigenvalue weighted by molar-refractivity contribution is -0.137. The molecule has 0 spiro atoms. The van der Waals surface area contributed by atoms with Crippen LogP contribution in [0.3, 0.4) is 0 Å². The van der Waals surface area contributed by atoms with Gasteiger partial charge in [0.25, 0.3) is 0 Å². The largest absolute Gasteiger partial charge is 0.480 e. The Morgan fingerprint density at radius 1 is 1.47 bits per heavy atom. The number of nitrogens with zero attached hydrogens (tertiary/aromatic N) is 1. The van der Waals surface area contributed by atoms with Crippen molar-refractivity contribution in [2.45, 2.75) is 6.54 Å². The Bertz CT molecular complexity index is 515. The average Bonchev–Trinajstić information content (AvgIpc) is 2.14. The van der Waals surface area contributed by atoms with Crippen molar-refractivity contribution in [3.05, 3.63) is 34.9 Å². The molecule has 0 unspecified atom stereocenters. The molecular weight excluding hydrogens is 266 g/mol. The normalized spacial score (nSPS) is 11.7. The van der Waals surface area contributed by atoms with Gasteiger partial charge in [0.15, 0.2) is 0 Å². The van der Waals surface area contributed by atoms with Gasteiger partial charge in [-0.05, 0) is 17.7 Å². The summed E-state index contributed by atoms with van der Waals surface area (Å²) in [4.78, 5) is 10.6. The van der Waals surface area contributed by atoms with Crippen molar-refractivity contribution in [2.75, 3.05) is 12.8 Å². The minimum atomic E-state index is -3.56. The molecule has 1 aromatic carbocycles. The van der Waals surface area contributed by atoms with Gasteiger partial charge in [0.05, 0.1) is 6.26 Å². The molecule has 0 fully saturated rings. The number of rotatable bonds is 5. The Morgan fingerprint density at radius 3 is 2.59 bits per heavy atom. The topological polar surface area (TPSA) is 74.7 Å². The van der Waals surface area contributed by atoms with Gasteiger partial charge in [-0.1, -0.05) is 23.7 Å². The van der Waals surface area contributed by atoms with Crippen LogP contribution in [0, 0.1) is 0 Å². The van der Waals surface area contributed by atoms with Crippen LogP contribution in [-0.4, -0.2) is 36.6 Å². The van der Waals surface area contributed by atoms with Crippen LogP contribution in [0.1, 0.15) is 5.56 Å². The van der Waals surface area contributed by atoms with Crippen molar-refractivity contribution in [1.82, 2.24) is 4.31 Å². The lowest BCUT2D eigenvalue weighted by atomic mass is 10.2. The number of sulfonamides is 1.